The second-order valence-corrected chi connectivity index (χ2v) is 7.08. The minimum Gasteiger partial charge on any atom is -0.494 e. The third-order valence-corrected chi connectivity index (χ3v) is 4.86. The SMILES string of the molecule is COc1ccc(C(=O)N[C@@H](C)C(=O)N2CCC[C@H]2C(=O)N[C@H](C=O)CC(=O)O)cc1F. The molecule has 1 saturated heterocycles. The van der Waals surface area contributed by atoms with Crippen molar-refractivity contribution >= 4 is 30.0 Å². The Labute approximate surface area is 177 Å². The summed E-state index contributed by atoms with van der Waals surface area (Å²) in [5.74, 6) is -3.84. The highest BCUT2D eigenvalue weighted by Crippen LogP contribution is 2.20. The van der Waals surface area contributed by atoms with Gasteiger partial charge in [-0.05, 0) is 38.0 Å². The van der Waals surface area contributed by atoms with Gasteiger partial charge in [-0.15, -0.1) is 0 Å². The van der Waals surface area contributed by atoms with Crippen LogP contribution in [-0.4, -0.2) is 71.8 Å². The predicted octanol–water partition coefficient (Wildman–Crippen LogP) is 0.102. The first-order chi connectivity index (χ1) is 14.7. The van der Waals surface area contributed by atoms with Crippen LogP contribution in [0.25, 0.3) is 0 Å². The van der Waals surface area contributed by atoms with E-state index in [2.05, 4.69) is 10.6 Å². The molecule has 168 valence electrons. The fourth-order valence-corrected chi connectivity index (χ4v) is 3.30. The van der Waals surface area contributed by atoms with E-state index >= 15 is 0 Å². The van der Waals surface area contributed by atoms with E-state index in [0.29, 0.717) is 19.1 Å². The Balaban J connectivity index is 2.02. The minimum atomic E-state index is -1.25. The summed E-state index contributed by atoms with van der Waals surface area (Å²) in [6.45, 7) is 1.70. The lowest BCUT2D eigenvalue weighted by atomic mass is 10.1. The summed E-state index contributed by atoms with van der Waals surface area (Å²) in [5.41, 5.74) is -0.00356. The van der Waals surface area contributed by atoms with E-state index in [1.807, 2.05) is 0 Å². The molecule has 31 heavy (non-hydrogen) atoms. The molecule has 1 aromatic rings. The molecular formula is C20H24FN3O7. The van der Waals surface area contributed by atoms with Crippen molar-refractivity contribution in [1.82, 2.24) is 15.5 Å². The van der Waals surface area contributed by atoms with E-state index < -0.39 is 54.1 Å². The van der Waals surface area contributed by atoms with Gasteiger partial charge in [0.2, 0.25) is 11.8 Å². The van der Waals surface area contributed by atoms with Gasteiger partial charge in [-0.1, -0.05) is 0 Å². The minimum absolute atomic E-state index is 0.00356. The van der Waals surface area contributed by atoms with Crippen LogP contribution in [0.2, 0.25) is 0 Å². The van der Waals surface area contributed by atoms with Crippen LogP contribution in [-0.2, 0) is 19.2 Å². The van der Waals surface area contributed by atoms with Gasteiger partial charge >= 0.3 is 5.97 Å². The molecular weight excluding hydrogens is 413 g/mol. The average molecular weight is 437 g/mol. The van der Waals surface area contributed by atoms with Gasteiger partial charge in [0.25, 0.3) is 5.91 Å². The number of carboxylic acid groups (broad SMARTS) is 1. The van der Waals surface area contributed by atoms with Crippen molar-refractivity contribution in [2.75, 3.05) is 13.7 Å². The summed E-state index contributed by atoms with van der Waals surface area (Å²) in [6, 6.07) is 0.526. The van der Waals surface area contributed by atoms with E-state index in [1.54, 1.807) is 0 Å². The van der Waals surface area contributed by atoms with Gasteiger partial charge in [0.05, 0.1) is 19.6 Å². The Morgan fingerprint density at radius 3 is 2.61 bits per heavy atom. The summed E-state index contributed by atoms with van der Waals surface area (Å²) in [7, 11) is 1.29. The van der Waals surface area contributed by atoms with E-state index in [1.165, 1.54) is 31.1 Å². The second kappa shape index (κ2) is 10.5. The molecule has 3 amide bonds. The lowest BCUT2D eigenvalue weighted by Gasteiger charge is -2.27. The quantitative estimate of drug-likeness (QED) is 0.465. The number of nitrogens with one attached hydrogen (secondary N) is 2. The van der Waals surface area contributed by atoms with Crippen LogP contribution >= 0.6 is 0 Å². The Bertz CT molecular complexity index is 876. The monoisotopic (exact) mass is 437 g/mol. The number of amides is 3. The number of hydrogen-bond acceptors (Lipinski definition) is 6. The molecule has 2 rings (SSSR count). The van der Waals surface area contributed by atoms with Crippen molar-refractivity contribution in [1.29, 1.82) is 0 Å². The first-order valence-electron chi connectivity index (χ1n) is 9.60. The Kier molecular flexibility index (Phi) is 8.06. The number of aldehydes is 1. The lowest BCUT2D eigenvalue weighted by molar-refractivity contribution is -0.141. The first-order valence-corrected chi connectivity index (χ1v) is 9.60. The number of carboxylic acids is 1. The number of nitrogens with zero attached hydrogens (tertiary/aromatic N) is 1. The highest BCUT2D eigenvalue weighted by Gasteiger charge is 2.37. The normalized spacial score (nSPS) is 17.4. The van der Waals surface area contributed by atoms with Crippen molar-refractivity contribution in [3.8, 4) is 5.75 Å². The molecule has 1 aromatic carbocycles. The summed E-state index contributed by atoms with van der Waals surface area (Å²) < 4.78 is 18.6. The molecule has 0 saturated carbocycles. The third-order valence-electron chi connectivity index (χ3n) is 4.86. The van der Waals surface area contributed by atoms with Gasteiger partial charge in [0, 0.05) is 12.1 Å². The molecule has 0 unspecified atom stereocenters. The van der Waals surface area contributed by atoms with Crippen molar-refractivity contribution in [2.45, 2.75) is 44.3 Å². The van der Waals surface area contributed by atoms with Crippen LogP contribution < -0.4 is 15.4 Å². The van der Waals surface area contributed by atoms with Crippen LogP contribution in [0.3, 0.4) is 0 Å². The molecule has 10 nitrogen and oxygen atoms in total. The molecule has 1 fully saturated rings. The number of rotatable bonds is 9. The first kappa shape index (κ1) is 23.8. The molecule has 1 aliphatic heterocycles. The molecule has 1 aliphatic rings. The Morgan fingerprint density at radius 1 is 1.32 bits per heavy atom. The van der Waals surface area contributed by atoms with Crippen LogP contribution in [0.5, 0.6) is 5.75 Å². The molecule has 0 bridgehead atoms. The summed E-state index contributed by atoms with van der Waals surface area (Å²) in [5, 5.41) is 13.6. The smallest absolute Gasteiger partial charge is 0.305 e. The highest BCUT2D eigenvalue weighted by atomic mass is 19.1. The fraction of sp³-hybridized carbons (Fsp3) is 0.450. The van der Waals surface area contributed by atoms with E-state index in [0.717, 1.165) is 6.07 Å². The van der Waals surface area contributed by atoms with Crippen molar-refractivity contribution in [3.05, 3.63) is 29.6 Å². The zero-order valence-corrected chi connectivity index (χ0v) is 17.1. The van der Waals surface area contributed by atoms with E-state index in [-0.39, 0.29) is 17.9 Å². The number of carbonyl (C=O) groups is 5. The summed E-state index contributed by atoms with van der Waals surface area (Å²) >= 11 is 0. The van der Waals surface area contributed by atoms with Crippen molar-refractivity contribution < 1.29 is 38.2 Å². The number of ether oxygens (including phenoxy) is 1. The number of carbonyl (C=O) groups excluding carboxylic acids is 4. The highest BCUT2D eigenvalue weighted by molar-refractivity contribution is 5.98. The van der Waals surface area contributed by atoms with Gasteiger partial charge < -0.3 is 30.2 Å². The van der Waals surface area contributed by atoms with Crippen LogP contribution in [0.4, 0.5) is 4.39 Å². The summed E-state index contributed by atoms with van der Waals surface area (Å²) in [6.07, 6.45) is 0.615. The zero-order valence-electron chi connectivity index (χ0n) is 17.1. The molecule has 0 spiro atoms. The Morgan fingerprint density at radius 2 is 2.03 bits per heavy atom. The second-order valence-electron chi connectivity index (χ2n) is 7.08. The molecule has 0 radical (unpaired) electrons. The molecule has 11 heteroatoms. The summed E-state index contributed by atoms with van der Waals surface area (Å²) in [4.78, 5) is 60.7. The number of methoxy groups -OCH3 is 1. The maximum atomic E-state index is 13.8. The maximum absolute atomic E-state index is 13.8. The van der Waals surface area contributed by atoms with Gasteiger partial charge in [-0.3, -0.25) is 19.2 Å². The van der Waals surface area contributed by atoms with Crippen LogP contribution in [0.1, 0.15) is 36.5 Å². The van der Waals surface area contributed by atoms with Crippen LogP contribution in [0.15, 0.2) is 18.2 Å². The topological polar surface area (TPSA) is 142 Å². The van der Waals surface area contributed by atoms with Gasteiger partial charge in [-0.25, -0.2) is 4.39 Å². The van der Waals surface area contributed by atoms with Crippen LogP contribution in [0, 0.1) is 5.82 Å². The molecule has 3 atom stereocenters. The number of aliphatic carboxylic acids is 1. The standard InChI is InChI=1S/C20H24FN3O7/c1-11(22-18(28)12-5-6-16(31-2)14(21)8-12)20(30)24-7-3-4-15(24)19(29)23-13(10-25)9-17(26)27/h5-6,8,10-11,13,15H,3-4,7,9H2,1-2H3,(H,22,28)(H,23,29)(H,26,27)/t11-,13-,15-/m0/s1. The Hall–Kier alpha value is -3.50. The molecule has 0 aliphatic carbocycles. The molecule has 3 N–H and O–H groups in total. The maximum Gasteiger partial charge on any atom is 0.305 e. The number of halogens is 1. The van der Waals surface area contributed by atoms with Gasteiger partial charge in [0.1, 0.15) is 18.4 Å². The fourth-order valence-electron chi connectivity index (χ4n) is 3.30. The van der Waals surface area contributed by atoms with Crippen molar-refractivity contribution in [2.24, 2.45) is 0 Å². The van der Waals surface area contributed by atoms with Gasteiger partial charge in [-0.2, -0.15) is 0 Å². The van der Waals surface area contributed by atoms with E-state index in [9.17, 15) is 28.4 Å². The molecule has 1 heterocycles. The largest absolute Gasteiger partial charge is 0.494 e. The average Bonchev–Trinajstić information content (AvgIpc) is 3.22. The van der Waals surface area contributed by atoms with Crippen molar-refractivity contribution in [3.63, 3.8) is 0 Å². The van der Waals surface area contributed by atoms with Gasteiger partial charge in [0.15, 0.2) is 11.6 Å². The number of hydrogen-bond donors (Lipinski definition) is 3. The lowest BCUT2D eigenvalue weighted by Crippen LogP contribution is -2.54. The third kappa shape index (κ3) is 6.00. The molecule has 0 aromatic heterocycles. The number of likely N-dealkylation sites (tertiary alicyclic amines) is 1. The van der Waals surface area contributed by atoms with E-state index in [4.69, 9.17) is 9.84 Å². The zero-order chi connectivity index (χ0) is 23.1. The number of benzene rings is 1. The predicted molar refractivity (Wildman–Crippen MR) is 105 cm³/mol.